The van der Waals surface area contributed by atoms with E-state index in [9.17, 15) is 10.1 Å². The van der Waals surface area contributed by atoms with Crippen LogP contribution in [0.3, 0.4) is 0 Å². The van der Waals surface area contributed by atoms with Gasteiger partial charge >= 0.3 is 0 Å². The number of hydrogen-bond donors (Lipinski definition) is 0. The van der Waals surface area contributed by atoms with Crippen molar-refractivity contribution < 1.29 is 4.79 Å². The number of hydrogen-bond acceptors (Lipinski definition) is 3. The molecular formula is C25H15N3O. The molecule has 0 saturated heterocycles. The summed E-state index contributed by atoms with van der Waals surface area (Å²) in [4.78, 5) is 18.2. The molecule has 0 radical (unpaired) electrons. The van der Waals surface area contributed by atoms with Gasteiger partial charge in [-0.1, -0.05) is 60.7 Å². The first-order chi connectivity index (χ1) is 14.3. The van der Waals surface area contributed by atoms with Crippen molar-refractivity contribution in [3.63, 3.8) is 0 Å². The van der Waals surface area contributed by atoms with Crippen LogP contribution in [0.5, 0.6) is 0 Å². The molecule has 1 heterocycles. The summed E-state index contributed by atoms with van der Waals surface area (Å²) in [6.45, 7) is 0. The lowest BCUT2D eigenvalue weighted by Gasteiger charge is -2.10. The van der Waals surface area contributed by atoms with Crippen LogP contribution in [0, 0.1) is 11.3 Å². The quantitative estimate of drug-likeness (QED) is 0.415. The Balaban J connectivity index is 1.85. The second kappa shape index (κ2) is 6.74. The molecule has 0 fully saturated rings. The second-order valence-electron chi connectivity index (χ2n) is 6.78. The number of fused-ring (bicyclic) bond motifs is 2. The Morgan fingerprint density at radius 2 is 1.62 bits per heavy atom. The maximum Gasteiger partial charge on any atom is 0.264 e. The van der Waals surface area contributed by atoms with E-state index in [-0.39, 0.29) is 5.91 Å². The highest BCUT2D eigenvalue weighted by Gasteiger charge is 2.21. The van der Waals surface area contributed by atoms with Crippen LogP contribution >= 0.6 is 0 Å². The van der Waals surface area contributed by atoms with E-state index in [4.69, 9.17) is 4.98 Å². The fourth-order valence-electron chi connectivity index (χ4n) is 3.67. The Morgan fingerprint density at radius 1 is 0.862 bits per heavy atom. The van der Waals surface area contributed by atoms with Gasteiger partial charge < -0.3 is 0 Å². The summed E-state index contributed by atoms with van der Waals surface area (Å²) in [5, 5.41) is 11.4. The average molecular weight is 373 g/mol. The summed E-state index contributed by atoms with van der Waals surface area (Å²) in [6.07, 6.45) is 0. The van der Waals surface area contributed by atoms with Crippen LogP contribution in [0.2, 0.25) is 0 Å². The number of carbonyl (C=O) groups excluding carboxylic acids is 1. The molecule has 0 N–H and O–H groups in total. The van der Waals surface area contributed by atoms with Gasteiger partial charge in [0.2, 0.25) is 0 Å². The van der Waals surface area contributed by atoms with Crippen molar-refractivity contribution in [3.8, 4) is 17.5 Å². The number of nitriles is 1. The third-order valence-electron chi connectivity index (χ3n) is 5.04. The molecule has 5 rings (SSSR count). The maximum absolute atomic E-state index is 13.5. The van der Waals surface area contributed by atoms with Crippen molar-refractivity contribution in [1.29, 1.82) is 5.26 Å². The second-order valence-corrected chi connectivity index (χ2v) is 6.78. The number of imidazole rings is 1. The van der Waals surface area contributed by atoms with Crippen LogP contribution < -0.4 is 0 Å². The zero-order valence-corrected chi connectivity index (χ0v) is 15.4. The summed E-state index contributed by atoms with van der Waals surface area (Å²) in [6, 6.07) is 30.6. The van der Waals surface area contributed by atoms with E-state index in [1.54, 1.807) is 34.9 Å². The smallest absolute Gasteiger partial charge is 0.264 e. The lowest BCUT2D eigenvalue weighted by Crippen LogP contribution is -2.13. The third kappa shape index (κ3) is 2.77. The molecule has 0 atom stereocenters. The monoisotopic (exact) mass is 373 g/mol. The molecular weight excluding hydrogens is 358 g/mol. The minimum Gasteiger partial charge on any atom is -0.268 e. The van der Waals surface area contributed by atoms with Crippen molar-refractivity contribution in [2.45, 2.75) is 0 Å². The third-order valence-corrected chi connectivity index (χ3v) is 5.04. The van der Waals surface area contributed by atoms with Gasteiger partial charge in [-0.25, -0.2) is 4.98 Å². The molecule has 4 nitrogen and oxygen atoms in total. The predicted molar refractivity (Wildman–Crippen MR) is 114 cm³/mol. The number of benzene rings is 4. The first kappa shape index (κ1) is 16.9. The van der Waals surface area contributed by atoms with Crippen LogP contribution in [0.15, 0.2) is 91.0 Å². The van der Waals surface area contributed by atoms with E-state index in [2.05, 4.69) is 6.07 Å². The van der Waals surface area contributed by atoms with Gasteiger partial charge in [-0.05, 0) is 41.1 Å². The van der Waals surface area contributed by atoms with Crippen LogP contribution in [0.25, 0.3) is 33.2 Å². The zero-order chi connectivity index (χ0) is 19.8. The van der Waals surface area contributed by atoms with Crippen molar-refractivity contribution >= 4 is 27.7 Å². The Kier molecular flexibility index (Phi) is 3.93. The first-order valence-corrected chi connectivity index (χ1v) is 9.27. The number of nitrogens with zero attached hydrogens (tertiary/aromatic N) is 3. The van der Waals surface area contributed by atoms with Gasteiger partial charge in [0, 0.05) is 11.1 Å². The molecule has 0 spiro atoms. The molecule has 0 bridgehead atoms. The standard InChI is InChI=1S/C25H15N3O/c26-16-17-13-14-23-22(15-17)27-24(28(23)25(29)19-8-2-1-3-9-19)21-12-6-10-18-7-4-5-11-20(18)21/h1-15H. The maximum atomic E-state index is 13.5. The molecule has 0 amide bonds. The molecule has 0 aliphatic heterocycles. The summed E-state index contributed by atoms with van der Waals surface area (Å²) in [5.74, 6) is 0.418. The predicted octanol–water partition coefficient (Wildman–Crippen LogP) is 5.42. The number of carbonyl (C=O) groups is 1. The molecule has 0 aliphatic rings. The minimum atomic E-state index is -0.152. The molecule has 1 aromatic heterocycles. The Hall–Kier alpha value is -4.23. The highest BCUT2D eigenvalue weighted by atomic mass is 16.2. The van der Waals surface area contributed by atoms with Crippen molar-refractivity contribution in [2.24, 2.45) is 0 Å². The molecule has 29 heavy (non-hydrogen) atoms. The normalized spacial score (nSPS) is 10.9. The van der Waals surface area contributed by atoms with E-state index in [1.165, 1.54) is 0 Å². The Morgan fingerprint density at radius 3 is 2.45 bits per heavy atom. The van der Waals surface area contributed by atoms with E-state index in [1.807, 2.05) is 60.7 Å². The number of aromatic nitrogens is 2. The van der Waals surface area contributed by atoms with Crippen LogP contribution in [-0.2, 0) is 0 Å². The van der Waals surface area contributed by atoms with Crippen LogP contribution in [0.1, 0.15) is 15.9 Å². The van der Waals surface area contributed by atoms with E-state index in [0.717, 1.165) is 16.3 Å². The minimum absolute atomic E-state index is 0.152. The van der Waals surface area contributed by atoms with Gasteiger partial charge in [-0.2, -0.15) is 5.26 Å². The van der Waals surface area contributed by atoms with E-state index < -0.39 is 0 Å². The summed E-state index contributed by atoms with van der Waals surface area (Å²) < 4.78 is 1.65. The fourth-order valence-corrected chi connectivity index (χ4v) is 3.67. The van der Waals surface area contributed by atoms with Crippen molar-refractivity contribution in [3.05, 3.63) is 102 Å². The average Bonchev–Trinajstić information content (AvgIpc) is 3.17. The molecule has 5 aromatic rings. The molecule has 0 unspecified atom stereocenters. The zero-order valence-electron chi connectivity index (χ0n) is 15.4. The summed E-state index contributed by atoms with van der Waals surface area (Å²) in [5.41, 5.74) is 3.27. The van der Waals surface area contributed by atoms with Gasteiger partial charge in [0.1, 0.15) is 5.82 Å². The fraction of sp³-hybridized carbons (Fsp3) is 0. The van der Waals surface area contributed by atoms with Crippen LogP contribution in [-0.4, -0.2) is 15.5 Å². The van der Waals surface area contributed by atoms with Crippen molar-refractivity contribution in [1.82, 2.24) is 9.55 Å². The Labute approximate surface area is 167 Å². The lowest BCUT2D eigenvalue weighted by molar-refractivity contribution is 0.0966. The van der Waals surface area contributed by atoms with E-state index >= 15 is 0 Å². The highest BCUT2D eigenvalue weighted by molar-refractivity contribution is 6.06. The van der Waals surface area contributed by atoms with Gasteiger partial charge in [-0.15, -0.1) is 0 Å². The SMILES string of the molecule is N#Cc1ccc2c(c1)nc(-c1cccc3ccccc13)n2C(=O)c1ccccc1. The van der Waals surface area contributed by atoms with Crippen LogP contribution in [0.4, 0.5) is 0 Å². The van der Waals surface area contributed by atoms with Crippen molar-refractivity contribution in [2.75, 3.05) is 0 Å². The van der Waals surface area contributed by atoms with Gasteiger partial charge in [0.25, 0.3) is 5.91 Å². The molecule has 0 saturated carbocycles. The Bertz CT molecular complexity index is 1420. The molecule has 0 aliphatic carbocycles. The van der Waals surface area contributed by atoms with Gasteiger partial charge in [0.05, 0.1) is 22.7 Å². The molecule has 136 valence electrons. The largest absolute Gasteiger partial charge is 0.268 e. The summed E-state index contributed by atoms with van der Waals surface area (Å²) >= 11 is 0. The van der Waals surface area contributed by atoms with Gasteiger partial charge in [0.15, 0.2) is 0 Å². The molecule has 4 heteroatoms. The highest BCUT2D eigenvalue weighted by Crippen LogP contribution is 2.31. The molecule has 4 aromatic carbocycles. The summed E-state index contributed by atoms with van der Waals surface area (Å²) in [7, 11) is 0. The number of rotatable bonds is 2. The first-order valence-electron chi connectivity index (χ1n) is 9.27. The van der Waals surface area contributed by atoms with E-state index in [0.29, 0.717) is 28.0 Å². The topological polar surface area (TPSA) is 58.7 Å². The lowest BCUT2D eigenvalue weighted by atomic mass is 10.0. The van der Waals surface area contributed by atoms with Gasteiger partial charge in [-0.3, -0.25) is 9.36 Å².